The largest absolute Gasteiger partial charge is 0.382 e. The number of carbonyl (C=O) groups is 1. The predicted molar refractivity (Wildman–Crippen MR) is 94.4 cm³/mol. The zero-order chi connectivity index (χ0) is 18.7. The summed E-state index contributed by atoms with van der Waals surface area (Å²) in [5.41, 5.74) is 2.98. The van der Waals surface area contributed by atoms with Crippen LogP contribution in [0.1, 0.15) is 31.1 Å². The molecule has 0 radical (unpaired) electrons. The number of hydrogen-bond donors (Lipinski definition) is 0. The molecular formula is C17H26N6O3. The number of fused-ring (bicyclic) bond motifs is 1. The van der Waals surface area contributed by atoms with Gasteiger partial charge in [-0.25, -0.2) is 0 Å². The van der Waals surface area contributed by atoms with E-state index in [0.29, 0.717) is 26.3 Å². The SMILES string of the molecule is COCCOCC(=O)N1CCc2c(c(-c3nncn3C(C)C)nn2C)C1. The van der Waals surface area contributed by atoms with E-state index < -0.39 is 0 Å². The molecule has 0 saturated carbocycles. The lowest BCUT2D eigenvalue weighted by molar-refractivity contribution is -0.137. The molecule has 0 aliphatic carbocycles. The van der Waals surface area contributed by atoms with Crippen LogP contribution in [0.5, 0.6) is 0 Å². The van der Waals surface area contributed by atoms with Crippen LogP contribution < -0.4 is 0 Å². The molecule has 0 saturated heterocycles. The predicted octanol–water partition coefficient (Wildman–Crippen LogP) is 0.807. The zero-order valence-electron chi connectivity index (χ0n) is 15.8. The average Bonchev–Trinajstić information content (AvgIpc) is 3.23. The molecule has 3 heterocycles. The van der Waals surface area contributed by atoms with Crippen LogP contribution in [0.25, 0.3) is 11.5 Å². The maximum Gasteiger partial charge on any atom is 0.248 e. The molecule has 3 rings (SSSR count). The summed E-state index contributed by atoms with van der Waals surface area (Å²) in [6.07, 6.45) is 2.48. The molecule has 0 spiro atoms. The van der Waals surface area contributed by atoms with Gasteiger partial charge in [0.05, 0.1) is 13.2 Å². The first kappa shape index (κ1) is 18.5. The number of nitrogens with zero attached hydrogens (tertiary/aromatic N) is 6. The smallest absolute Gasteiger partial charge is 0.248 e. The highest BCUT2D eigenvalue weighted by molar-refractivity contribution is 5.78. The Morgan fingerprint density at radius 3 is 2.88 bits per heavy atom. The Labute approximate surface area is 152 Å². The molecule has 142 valence electrons. The molecule has 2 aromatic rings. The third-order valence-electron chi connectivity index (χ3n) is 4.59. The fourth-order valence-corrected chi connectivity index (χ4v) is 3.17. The summed E-state index contributed by atoms with van der Waals surface area (Å²) in [4.78, 5) is 14.3. The van der Waals surface area contributed by atoms with E-state index in [0.717, 1.165) is 29.2 Å². The summed E-state index contributed by atoms with van der Waals surface area (Å²) >= 11 is 0. The van der Waals surface area contributed by atoms with Gasteiger partial charge in [0.25, 0.3) is 0 Å². The molecule has 9 nitrogen and oxygen atoms in total. The minimum absolute atomic E-state index is 0.0214. The monoisotopic (exact) mass is 362 g/mol. The van der Waals surface area contributed by atoms with Crippen LogP contribution in [-0.4, -0.2) is 68.8 Å². The first-order valence-electron chi connectivity index (χ1n) is 8.82. The molecular weight excluding hydrogens is 336 g/mol. The van der Waals surface area contributed by atoms with Crippen molar-refractivity contribution >= 4 is 5.91 Å². The van der Waals surface area contributed by atoms with E-state index in [9.17, 15) is 4.79 Å². The van der Waals surface area contributed by atoms with Crippen LogP contribution in [0, 0.1) is 0 Å². The summed E-state index contributed by atoms with van der Waals surface area (Å²) in [5.74, 6) is 0.717. The topological polar surface area (TPSA) is 87.3 Å². The molecule has 0 unspecified atom stereocenters. The molecule has 1 aliphatic rings. The molecule has 0 bridgehead atoms. The van der Waals surface area contributed by atoms with Gasteiger partial charge in [-0.2, -0.15) is 5.10 Å². The highest BCUT2D eigenvalue weighted by Crippen LogP contribution is 2.29. The van der Waals surface area contributed by atoms with Crippen LogP contribution in [-0.2, 0) is 34.3 Å². The summed E-state index contributed by atoms with van der Waals surface area (Å²) in [5, 5.41) is 13.0. The van der Waals surface area contributed by atoms with Gasteiger partial charge in [0.2, 0.25) is 5.91 Å². The van der Waals surface area contributed by atoms with Crippen molar-refractivity contribution in [2.75, 3.05) is 33.5 Å². The van der Waals surface area contributed by atoms with Crippen molar-refractivity contribution in [1.29, 1.82) is 0 Å². The Kier molecular flexibility index (Phi) is 5.67. The van der Waals surface area contributed by atoms with Crippen molar-refractivity contribution < 1.29 is 14.3 Å². The van der Waals surface area contributed by atoms with Gasteiger partial charge in [-0.05, 0) is 13.8 Å². The van der Waals surface area contributed by atoms with Crippen LogP contribution >= 0.6 is 0 Å². The number of aromatic nitrogens is 5. The number of hydrogen-bond acceptors (Lipinski definition) is 6. The normalized spacial score (nSPS) is 14.1. The van der Waals surface area contributed by atoms with Crippen molar-refractivity contribution in [3.05, 3.63) is 17.6 Å². The van der Waals surface area contributed by atoms with Crippen molar-refractivity contribution in [2.24, 2.45) is 7.05 Å². The maximum atomic E-state index is 12.5. The lowest BCUT2D eigenvalue weighted by atomic mass is 10.0. The standard InChI is InChI=1S/C17H26N6O3/c1-12(2)23-11-18-19-17(23)16-13-9-22(6-5-14(13)21(3)20-16)15(24)10-26-8-7-25-4/h11-12H,5-10H2,1-4H3. The van der Waals surface area contributed by atoms with E-state index in [4.69, 9.17) is 9.47 Å². The molecule has 26 heavy (non-hydrogen) atoms. The van der Waals surface area contributed by atoms with E-state index in [-0.39, 0.29) is 18.6 Å². The number of aryl methyl sites for hydroxylation is 1. The second kappa shape index (κ2) is 7.96. The number of carbonyl (C=O) groups excluding carboxylic acids is 1. The summed E-state index contributed by atoms with van der Waals surface area (Å²) < 4.78 is 14.2. The lowest BCUT2D eigenvalue weighted by Gasteiger charge is -2.27. The zero-order valence-corrected chi connectivity index (χ0v) is 15.8. The number of ether oxygens (including phenoxy) is 2. The fourth-order valence-electron chi connectivity index (χ4n) is 3.17. The quantitative estimate of drug-likeness (QED) is 0.678. The fraction of sp³-hybridized carbons (Fsp3) is 0.647. The number of methoxy groups -OCH3 is 1. The van der Waals surface area contributed by atoms with E-state index >= 15 is 0 Å². The number of rotatable bonds is 7. The van der Waals surface area contributed by atoms with Crippen molar-refractivity contribution in [3.63, 3.8) is 0 Å². The van der Waals surface area contributed by atoms with Gasteiger partial charge < -0.3 is 18.9 Å². The van der Waals surface area contributed by atoms with Gasteiger partial charge >= 0.3 is 0 Å². The molecule has 2 aromatic heterocycles. The minimum atomic E-state index is -0.0214. The van der Waals surface area contributed by atoms with Gasteiger partial charge in [0.1, 0.15) is 18.6 Å². The minimum Gasteiger partial charge on any atom is -0.382 e. The second-order valence-corrected chi connectivity index (χ2v) is 6.66. The average molecular weight is 362 g/mol. The van der Waals surface area contributed by atoms with E-state index in [1.54, 1.807) is 13.4 Å². The summed E-state index contributed by atoms with van der Waals surface area (Å²) in [7, 11) is 3.54. The van der Waals surface area contributed by atoms with Crippen molar-refractivity contribution in [1.82, 2.24) is 29.4 Å². The first-order chi connectivity index (χ1) is 12.5. The molecule has 0 fully saturated rings. The van der Waals surface area contributed by atoms with Gasteiger partial charge in [0, 0.05) is 51.0 Å². The molecule has 1 aliphatic heterocycles. The number of amides is 1. The Morgan fingerprint density at radius 2 is 2.15 bits per heavy atom. The molecule has 0 atom stereocenters. The maximum absolute atomic E-state index is 12.5. The Hall–Kier alpha value is -2.26. The third-order valence-corrected chi connectivity index (χ3v) is 4.59. The second-order valence-electron chi connectivity index (χ2n) is 6.66. The van der Waals surface area contributed by atoms with Crippen LogP contribution in [0.15, 0.2) is 6.33 Å². The Morgan fingerprint density at radius 1 is 1.35 bits per heavy atom. The summed E-state index contributed by atoms with van der Waals surface area (Å²) in [6.45, 7) is 6.29. The first-order valence-corrected chi connectivity index (χ1v) is 8.82. The molecule has 0 aromatic carbocycles. The Bertz CT molecular complexity index is 767. The van der Waals surface area contributed by atoms with Crippen LogP contribution in [0.4, 0.5) is 0 Å². The van der Waals surface area contributed by atoms with Gasteiger partial charge in [-0.1, -0.05) is 0 Å². The highest BCUT2D eigenvalue weighted by atomic mass is 16.5. The van der Waals surface area contributed by atoms with Gasteiger partial charge in [-0.3, -0.25) is 9.48 Å². The van der Waals surface area contributed by atoms with Crippen molar-refractivity contribution in [2.45, 2.75) is 32.9 Å². The van der Waals surface area contributed by atoms with Gasteiger partial charge in [-0.15, -0.1) is 10.2 Å². The van der Waals surface area contributed by atoms with E-state index in [1.165, 1.54) is 0 Å². The van der Waals surface area contributed by atoms with Crippen LogP contribution in [0.3, 0.4) is 0 Å². The van der Waals surface area contributed by atoms with Gasteiger partial charge in [0.15, 0.2) is 5.82 Å². The van der Waals surface area contributed by atoms with E-state index in [2.05, 4.69) is 29.1 Å². The molecule has 0 N–H and O–H groups in total. The lowest BCUT2D eigenvalue weighted by Crippen LogP contribution is -2.38. The summed E-state index contributed by atoms with van der Waals surface area (Å²) in [6, 6.07) is 0.230. The van der Waals surface area contributed by atoms with E-state index in [1.807, 2.05) is 21.2 Å². The third kappa shape index (κ3) is 3.63. The van der Waals surface area contributed by atoms with Crippen molar-refractivity contribution in [3.8, 4) is 11.5 Å². The Balaban J connectivity index is 1.80. The molecule has 1 amide bonds. The van der Waals surface area contributed by atoms with Crippen LogP contribution in [0.2, 0.25) is 0 Å². The highest BCUT2D eigenvalue weighted by Gasteiger charge is 2.29. The molecule has 9 heteroatoms.